The van der Waals surface area contributed by atoms with Crippen LogP contribution in [-0.2, 0) is 8.98 Å². The average Bonchev–Trinajstić information content (AvgIpc) is 2.29. The summed E-state index contributed by atoms with van der Waals surface area (Å²) >= 11 is 1.66. The van der Waals surface area contributed by atoms with Crippen molar-refractivity contribution in [1.82, 2.24) is 0 Å². The molecule has 0 bridgehead atoms. The molecule has 0 amide bonds. The van der Waals surface area contributed by atoms with Gasteiger partial charge in [-0.1, -0.05) is 21.5 Å². The number of carbonyl (C=O) groups is 1. The lowest BCUT2D eigenvalue weighted by molar-refractivity contribution is -0.188. The molecular weight excluding hydrogens is 297 g/mol. The fourth-order valence-electron chi connectivity index (χ4n) is 2.39. The molecular formula is C12H17F3O2S2. The van der Waals surface area contributed by atoms with Gasteiger partial charge < -0.3 is 4.18 Å². The van der Waals surface area contributed by atoms with E-state index in [0.717, 1.165) is 24.2 Å². The number of carbonyl (C=O) groups excluding carboxylic acids is 1. The minimum Gasteiger partial charge on any atom is -0.407 e. The van der Waals surface area contributed by atoms with Gasteiger partial charge in [0.1, 0.15) is 0 Å². The number of fused-ring (bicyclic) bond motifs is 1. The fourth-order valence-corrected chi connectivity index (χ4v) is 8.81. The van der Waals surface area contributed by atoms with E-state index < -0.39 is 22.5 Å². The quantitative estimate of drug-likeness (QED) is 0.684. The van der Waals surface area contributed by atoms with Crippen molar-refractivity contribution in [3.63, 3.8) is 0 Å². The largest absolute Gasteiger partial charge is 0.491 e. The van der Waals surface area contributed by atoms with Crippen LogP contribution >= 0.6 is 22.1 Å². The summed E-state index contributed by atoms with van der Waals surface area (Å²) in [4.78, 5) is 11.2. The van der Waals surface area contributed by atoms with E-state index >= 15 is 0 Å². The zero-order valence-electron chi connectivity index (χ0n) is 10.9. The lowest BCUT2D eigenvalue weighted by atomic mass is 10.1. The number of alkyl halides is 3. The summed E-state index contributed by atoms with van der Waals surface area (Å²) in [6.45, 7) is 3.94. The molecule has 1 fully saturated rings. The molecule has 2 unspecified atom stereocenters. The summed E-state index contributed by atoms with van der Waals surface area (Å²) in [6.07, 6.45) is -3.32. The molecule has 0 aliphatic carbocycles. The van der Waals surface area contributed by atoms with Crippen LogP contribution in [0.2, 0.25) is 0 Å². The van der Waals surface area contributed by atoms with Gasteiger partial charge in [-0.15, -0.1) is 11.8 Å². The molecule has 0 aromatic rings. The fraction of sp³-hybridized carbons (Fsp3) is 0.750. The van der Waals surface area contributed by atoms with Crippen molar-refractivity contribution in [2.24, 2.45) is 0 Å². The van der Waals surface area contributed by atoms with Gasteiger partial charge in [-0.3, -0.25) is 0 Å². The van der Waals surface area contributed by atoms with Crippen LogP contribution in [0.5, 0.6) is 0 Å². The first-order valence-electron chi connectivity index (χ1n) is 6.09. The molecule has 2 heterocycles. The van der Waals surface area contributed by atoms with Gasteiger partial charge in [0.25, 0.3) is 0 Å². The van der Waals surface area contributed by atoms with E-state index in [4.69, 9.17) is 4.18 Å². The van der Waals surface area contributed by atoms with Gasteiger partial charge >= 0.3 is 12.1 Å². The molecule has 2 aliphatic rings. The predicted octanol–water partition coefficient (Wildman–Crippen LogP) is 4.01. The molecule has 0 saturated carbocycles. The maximum absolute atomic E-state index is 12.5. The topological polar surface area (TPSA) is 26.3 Å². The Balaban J connectivity index is 2.24. The van der Waals surface area contributed by atoms with E-state index in [1.807, 2.05) is 13.8 Å². The summed E-state index contributed by atoms with van der Waals surface area (Å²) in [7, 11) is -1.97. The van der Waals surface area contributed by atoms with E-state index in [1.165, 1.54) is 5.57 Å². The second-order valence-corrected chi connectivity index (χ2v) is 9.79. The molecule has 19 heavy (non-hydrogen) atoms. The smallest absolute Gasteiger partial charge is 0.407 e. The van der Waals surface area contributed by atoms with Crippen LogP contribution in [0.4, 0.5) is 13.2 Å². The number of allylic oxidation sites excluding steroid dienone is 1. The minimum atomic E-state index is -4.89. The van der Waals surface area contributed by atoms with Crippen molar-refractivity contribution in [2.45, 2.75) is 37.4 Å². The van der Waals surface area contributed by atoms with Gasteiger partial charge in [0, 0.05) is 11.5 Å². The first-order chi connectivity index (χ1) is 8.74. The number of halogens is 3. The summed E-state index contributed by atoms with van der Waals surface area (Å²) in [5.41, 5.74) is 2.31. The molecule has 0 radical (unpaired) electrons. The average molecular weight is 314 g/mol. The van der Waals surface area contributed by atoms with E-state index in [1.54, 1.807) is 11.8 Å². The molecule has 0 N–H and O–H groups in total. The maximum Gasteiger partial charge on any atom is 0.491 e. The van der Waals surface area contributed by atoms with Crippen LogP contribution in [0.25, 0.3) is 0 Å². The third-order valence-electron chi connectivity index (χ3n) is 3.55. The summed E-state index contributed by atoms with van der Waals surface area (Å²) < 4.78 is 42.4. The molecule has 1 saturated heterocycles. The van der Waals surface area contributed by atoms with Crippen LogP contribution in [0.3, 0.4) is 0 Å². The van der Waals surface area contributed by atoms with Crippen molar-refractivity contribution in [3.8, 4) is 0 Å². The maximum atomic E-state index is 12.5. The molecule has 0 spiro atoms. The second kappa shape index (κ2) is 5.24. The monoisotopic (exact) mass is 314 g/mol. The molecule has 2 aliphatic heterocycles. The highest BCUT2D eigenvalue weighted by atomic mass is 32.3. The van der Waals surface area contributed by atoms with Crippen LogP contribution < -0.4 is 0 Å². The van der Waals surface area contributed by atoms with Crippen LogP contribution in [-0.4, -0.2) is 34.0 Å². The van der Waals surface area contributed by atoms with Crippen molar-refractivity contribution < 1.29 is 22.1 Å². The Labute approximate surface area is 116 Å². The van der Waals surface area contributed by atoms with Gasteiger partial charge in [-0.25, -0.2) is 4.79 Å². The number of thioether (sulfide) groups is 1. The summed E-state index contributed by atoms with van der Waals surface area (Å²) in [6, 6.07) is 0. The van der Waals surface area contributed by atoms with Crippen LogP contribution in [0.1, 0.15) is 26.7 Å². The summed E-state index contributed by atoms with van der Waals surface area (Å²) in [5.74, 6) is 0.0485. The number of hydrogen-bond donors (Lipinski definition) is 0. The first-order valence-corrected chi connectivity index (χ1v) is 9.10. The Kier molecular flexibility index (Phi) is 4.16. The Morgan fingerprint density at radius 3 is 2.68 bits per heavy atom. The first kappa shape index (κ1) is 15.1. The Hall–Kier alpha value is -0.300. The molecule has 2 nitrogen and oxygen atoms in total. The number of rotatable bonds is 1. The van der Waals surface area contributed by atoms with Gasteiger partial charge in [0.15, 0.2) is 0 Å². The van der Waals surface area contributed by atoms with Crippen molar-refractivity contribution in [3.05, 3.63) is 11.1 Å². The van der Waals surface area contributed by atoms with Crippen LogP contribution in [0, 0.1) is 0 Å². The Morgan fingerprint density at radius 2 is 2.05 bits per heavy atom. The highest BCUT2D eigenvalue weighted by molar-refractivity contribution is 8.38. The zero-order chi connectivity index (χ0) is 14.3. The van der Waals surface area contributed by atoms with Crippen molar-refractivity contribution in [2.75, 3.05) is 17.3 Å². The van der Waals surface area contributed by atoms with Gasteiger partial charge in [-0.05, 0) is 32.4 Å². The Morgan fingerprint density at radius 1 is 1.37 bits per heavy atom. The summed E-state index contributed by atoms with van der Waals surface area (Å²) in [5, 5.41) is 0. The molecule has 2 rings (SSSR count). The third-order valence-corrected chi connectivity index (χ3v) is 9.59. The molecule has 110 valence electrons. The third kappa shape index (κ3) is 3.07. The normalized spacial score (nSPS) is 35.3. The van der Waals surface area contributed by atoms with Crippen molar-refractivity contribution in [1.29, 1.82) is 0 Å². The number of hydrogen-bond acceptors (Lipinski definition) is 3. The molecule has 0 aromatic carbocycles. The van der Waals surface area contributed by atoms with E-state index in [-0.39, 0.29) is 4.58 Å². The van der Waals surface area contributed by atoms with E-state index in [9.17, 15) is 18.0 Å². The molecule has 7 heteroatoms. The van der Waals surface area contributed by atoms with Gasteiger partial charge in [0.05, 0.1) is 4.58 Å². The second-order valence-electron chi connectivity index (χ2n) is 5.01. The zero-order valence-corrected chi connectivity index (χ0v) is 12.5. The standard InChI is InChI=1S/C12H17F3O2S2/c1-8-6-10-18-4-3-5-19(10,7-9(8)2)17-11(16)12(13,14)15/h10H,3-7H2,1-2H3. The lowest BCUT2D eigenvalue weighted by Gasteiger charge is -2.50. The van der Waals surface area contributed by atoms with Gasteiger partial charge in [-0.2, -0.15) is 13.2 Å². The highest BCUT2D eigenvalue weighted by Crippen LogP contribution is 2.65. The SMILES string of the molecule is CC1=C(C)CS2(OC(=O)C(F)(F)F)CCCSC2C1. The minimum absolute atomic E-state index is 0.0382. The van der Waals surface area contributed by atoms with E-state index in [2.05, 4.69) is 0 Å². The van der Waals surface area contributed by atoms with Gasteiger partial charge in [0.2, 0.25) is 0 Å². The predicted molar refractivity (Wildman–Crippen MR) is 73.3 cm³/mol. The van der Waals surface area contributed by atoms with Crippen molar-refractivity contribution >= 4 is 28.0 Å². The molecule has 2 atom stereocenters. The Bertz CT molecular complexity index is 420. The lowest BCUT2D eigenvalue weighted by Crippen LogP contribution is -2.37. The van der Waals surface area contributed by atoms with Crippen LogP contribution in [0.15, 0.2) is 11.1 Å². The molecule has 0 aromatic heterocycles. The highest BCUT2D eigenvalue weighted by Gasteiger charge is 2.49. The van der Waals surface area contributed by atoms with E-state index in [0.29, 0.717) is 11.5 Å².